The summed E-state index contributed by atoms with van der Waals surface area (Å²) in [5.41, 5.74) is -1.63. The summed E-state index contributed by atoms with van der Waals surface area (Å²) in [7, 11) is 0. The molecule has 0 spiro atoms. The quantitative estimate of drug-likeness (QED) is 0.774. The molecular weight excluding hydrogens is 286 g/mol. The minimum atomic E-state index is -0.913. The molecule has 0 saturated heterocycles. The number of carbonyl (C=O) groups excluding carboxylic acids is 1. The summed E-state index contributed by atoms with van der Waals surface area (Å²) in [4.78, 5) is 37.8. The van der Waals surface area contributed by atoms with Crippen molar-refractivity contribution in [2.75, 3.05) is 5.32 Å². The van der Waals surface area contributed by atoms with Gasteiger partial charge in [0.1, 0.15) is 0 Å². The minimum absolute atomic E-state index is 0.226. The lowest BCUT2D eigenvalue weighted by Gasteiger charge is -2.11. The topological polar surface area (TPSA) is 104 Å². The third-order valence-corrected chi connectivity index (χ3v) is 3.17. The number of aromatic amines is 1. The molecule has 0 unspecified atom stereocenters. The van der Waals surface area contributed by atoms with Gasteiger partial charge >= 0.3 is 5.69 Å². The van der Waals surface area contributed by atoms with Crippen molar-refractivity contribution in [1.29, 1.82) is 0 Å². The number of para-hydroxylation sites is 1. The van der Waals surface area contributed by atoms with Crippen LogP contribution >= 0.6 is 0 Å². The first-order valence-electron chi connectivity index (χ1n) is 6.97. The Labute approximate surface area is 126 Å². The Kier molecular flexibility index (Phi) is 4.77. The molecule has 0 aliphatic carbocycles. The number of hydrogen-bond acceptors (Lipinski definition) is 4. The molecule has 0 aliphatic heterocycles. The van der Waals surface area contributed by atoms with Crippen molar-refractivity contribution in [2.45, 2.75) is 26.3 Å². The van der Waals surface area contributed by atoms with Crippen LogP contribution in [0.25, 0.3) is 0 Å². The highest BCUT2D eigenvalue weighted by molar-refractivity contribution is 6.05. The number of rotatable bonds is 5. The summed E-state index contributed by atoms with van der Waals surface area (Å²) >= 11 is 0. The number of H-pyrrole nitrogens is 1. The Morgan fingerprint density at radius 1 is 1.27 bits per heavy atom. The number of anilines is 1. The zero-order valence-corrected chi connectivity index (χ0v) is 12.1. The predicted molar refractivity (Wildman–Crippen MR) is 82.3 cm³/mol. The summed E-state index contributed by atoms with van der Waals surface area (Å²) in [6.45, 7) is 2.15. The zero-order chi connectivity index (χ0) is 16.1. The Balaban J connectivity index is 2.40. The van der Waals surface area contributed by atoms with E-state index in [9.17, 15) is 19.5 Å². The highest BCUT2D eigenvalue weighted by atomic mass is 16.3. The fraction of sp³-hybridized carbons (Fsp3) is 0.267. The summed E-state index contributed by atoms with van der Waals surface area (Å²) in [6, 6.07) is 8.53. The summed E-state index contributed by atoms with van der Waals surface area (Å²) < 4.78 is 0.991. The van der Waals surface area contributed by atoms with E-state index in [4.69, 9.17) is 0 Å². The molecule has 0 atom stereocenters. The van der Waals surface area contributed by atoms with E-state index in [0.717, 1.165) is 11.0 Å². The van der Waals surface area contributed by atoms with E-state index in [2.05, 4.69) is 10.3 Å². The van der Waals surface area contributed by atoms with Crippen molar-refractivity contribution in [3.63, 3.8) is 0 Å². The number of nitrogens with one attached hydrogen (secondary N) is 2. The van der Waals surface area contributed by atoms with Gasteiger partial charge in [0.05, 0.1) is 0 Å². The van der Waals surface area contributed by atoms with Gasteiger partial charge in [-0.15, -0.1) is 0 Å². The normalized spacial score (nSPS) is 10.4. The van der Waals surface area contributed by atoms with E-state index in [-0.39, 0.29) is 6.54 Å². The fourth-order valence-corrected chi connectivity index (χ4v) is 2.00. The minimum Gasteiger partial charge on any atom is -0.494 e. The van der Waals surface area contributed by atoms with E-state index in [0.29, 0.717) is 12.1 Å². The van der Waals surface area contributed by atoms with Crippen LogP contribution in [0.1, 0.15) is 30.1 Å². The van der Waals surface area contributed by atoms with Crippen LogP contribution in [0.5, 0.6) is 5.88 Å². The van der Waals surface area contributed by atoms with Gasteiger partial charge in [0.2, 0.25) is 5.88 Å². The molecule has 1 aromatic carbocycles. The third kappa shape index (κ3) is 3.25. The molecule has 2 rings (SSSR count). The van der Waals surface area contributed by atoms with Gasteiger partial charge in [0, 0.05) is 12.2 Å². The Morgan fingerprint density at radius 3 is 2.59 bits per heavy atom. The monoisotopic (exact) mass is 303 g/mol. The molecular formula is C15H17N3O4. The summed E-state index contributed by atoms with van der Waals surface area (Å²) in [6.07, 6.45) is 1.44. The SMILES string of the molecule is CCCCn1c(O)c(C(=O)Nc2ccccc2)c(=O)[nH]c1=O. The first kappa shape index (κ1) is 15.6. The van der Waals surface area contributed by atoms with Gasteiger partial charge in [-0.1, -0.05) is 31.5 Å². The summed E-state index contributed by atoms with van der Waals surface area (Å²) in [5, 5.41) is 12.6. The zero-order valence-electron chi connectivity index (χ0n) is 12.1. The number of aromatic hydroxyl groups is 1. The predicted octanol–water partition coefficient (Wildman–Crippen LogP) is 1.29. The molecule has 0 saturated carbocycles. The molecule has 0 aliphatic rings. The second-order valence-corrected chi connectivity index (χ2v) is 4.78. The highest BCUT2D eigenvalue weighted by Gasteiger charge is 2.20. The molecule has 0 bridgehead atoms. The number of aromatic nitrogens is 2. The third-order valence-electron chi connectivity index (χ3n) is 3.17. The van der Waals surface area contributed by atoms with Crippen LogP contribution in [0, 0.1) is 0 Å². The van der Waals surface area contributed by atoms with E-state index in [1.807, 2.05) is 6.92 Å². The second kappa shape index (κ2) is 6.75. The highest BCUT2D eigenvalue weighted by Crippen LogP contribution is 2.14. The average Bonchev–Trinajstić information content (AvgIpc) is 2.47. The molecule has 1 amide bonds. The molecule has 0 fully saturated rings. The standard InChI is InChI=1S/C15H17N3O4/c1-2-3-9-18-14(21)11(13(20)17-15(18)22)12(19)16-10-7-5-4-6-8-10/h4-8,21H,2-3,9H2,1H3,(H,16,19)(H,17,20,22). The molecule has 7 heteroatoms. The molecule has 2 aromatic rings. The van der Waals surface area contributed by atoms with Crippen LogP contribution in [0.4, 0.5) is 5.69 Å². The Hall–Kier alpha value is -2.83. The van der Waals surface area contributed by atoms with Crippen LogP contribution < -0.4 is 16.6 Å². The van der Waals surface area contributed by atoms with E-state index in [1.165, 1.54) is 0 Å². The van der Waals surface area contributed by atoms with Crippen molar-refractivity contribution < 1.29 is 9.90 Å². The van der Waals surface area contributed by atoms with E-state index < -0.39 is 28.6 Å². The van der Waals surface area contributed by atoms with Gasteiger partial charge in [-0.2, -0.15) is 0 Å². The number of unbranched alkanes of at least 4 members (excludes halogenated alkanes) is 1. The lowest BCUT2D eigenvalue weighted by molar-refractivity contribution is 0.102. The number of nitrogens with zero attached hydrogens (tertiary/aromatic N) is 1. The largest absolute Gasteiger partial charge is 0.494 e. The van der Waals surface area contributed by atoms with Crippen molar-refractivity contribution in [3.8, 4) is 5.88 Å². The van der Waals surface area contributed by atoms with E-state index in [1.54, 1.807) is 30.3 Å². The summed E-state index contributed by atoms with van der Waals surface area (Å²) in [5.74, 6) is -1.38. The fourth-order valence-electron chi connectivity index (χ4n) is 2.00. The lowest BCUT2D eigenvalue weighted by atomic mass is 10.2. The van der Waals surface area contributed by atoms with Crippen LogP contribution in [0.3, 0.4) is 0 Å². The Bertz CT molecular complexity index is 778. The second-order valence-electron chi connectivity index (χ2n) is 4.78. The van der Waals surface area contributed by atoms with Gasteiger partial charge in [-0.25, -0.2) is 4.79 Å². The van der Waals surface area contributed by atoms with Gasteiger partial charge < -0.3 is 10.4 Å². The van der Waals surface area contributed by atoms with Crippen LogP contribution in [-0.2, 0) is 6.54 Å². The molecule has 22 heavy (non-hydrogen) atoms. The van der Waals surface area contributed by atoms with Crippen molar-refractivity contribution in [3.05, 3.63) is 56.7 Å². The van der Waals surface area contributed by atoms with Crippen LogP contribution in [0.15, 0.2) is 39.9 Å². The smallest absolute Gasteiger partial charge is 0.331 e. The maximum atomic E-state index is 12.2. The van der Waals surface area contributed by atoms with Crippen molar-refractivity contribution in [2.24, 2.45) is 0 Å². The molecule has 116 valence electrons. The average molecular weight is 303 g/mol. The maximum absolute atomic E-state index is 12.2. The molecule has 0 radical (unpaired) electrons. The van der Waals surface area contributed by atoms with Gasteiger partial charge in [0.25, 0.3) is 11.5 Å². The number of hydrogen-bond donors (Lipinski definition) is 3. The first-order chi connectivity index (χ1) is 10.5. The van der Waals surface area contributed by atoms with Crippen molar-refractivity contribution in [1.82, 2.24) is 9.55 Å². The molecule has 1 aromatic heterocycles. The Morgan fingerprint density at radius 2 is 1.95 bits per heavy atom. The van der Waals surface area contributed by atoms with Gasteiger partial charge in [-0.05, 0) is 18.6 Å². The molecule has 1 heterocycles. The number of amides is 1. The van der Waals surface area contributed by atoms with Gasteiger partial charge in [0.15, 0.2) is 5.56 Å². The molecule has 7 nitrogen and oxygen atoms in total. The van der Waals surface area contributed by atoms with Crippen molar-refractivity contribution >= 4 is 11.6 Å². The van der Waals surface area contributed by atoms with Crippen LogP contribution in [-0.4, -0.2) is 20.6 Å². The van der Waals surface area contributed by atoms with E-state index >= 15 is 0 Å². The molecule has 3 N–H and O–H groups in total. The van der Waals surface area contributed by atoms with Gasteiger partial charge in [-0.3, -0.25) is 19.1 Å². The number of benzene rings is 1. The number of carbonyl (C=O) groups is 1. The maximum Gasteiger partial charge on any atom is 0.331 e. The lowest BCUT2D eigenvalue weighted by Crippen LogP contribution is -2.35. The first-order valence-corrected chi connectivity index (χ1v) is 6.97. The van der Waals surface area contributed by atoms with Crippen LogP contribution in [0.2, 0.25) is 0 Å².